The van der Waals surface area contributed by atoms with Gasteiger partial charge in [-0.3, -0.25) is 0 Å². The Morgan fingerprint density at radius 2 is 0.544 bits per heavy atom. The highest BCUT2D eigenvalue weighted by molar-refractivity contribution is 6.09. The molecule has 1 aromatic heterocycles. The maximum atomic E-state index is 2.53. The Morgan fingerprint density at radius 3 is 0.835 bits per heavy atom. The summed E-state index contributed by atoms with van der Waals surface area (Å²) in [6, 6.07) is 91.3. The van der Waals surface area contributed by atoms with Crippen LogP contribution < -0.4 is 0 Å². The summed E-state index contributed by atoms with van der Waals surface area (Å²) in [6.45, 7) is 6.91. The van der Waals surface area contributed by atoms with Crippen LogP contribution in [0.3, 0.4) is 0 Å². The van der Waals surface area contributed by atoms with E-state index in [-0.39, 0.29) is 16.2 Å². The van der Waals surface area contributed by atoms with E-state index in [1.807, 2.05) is 0 Å². The topological polar surface area (TPSA) is 4.93 Å². The van der Waals surface area contributed by atoms with Gasteiger partial charge >= 0.3 is 0 Å². The van der Waals surface area contributed by atoms with Crippen LogP contribution in [0.25, 0.3) is 27.5 Å². The number of nitrogens with zero attached hydrogens (tertiary/aromatic N) is 1. The Labute approximate surface area is 474 Å². The normalized spacial score (nSPS) is 12.1. The van der Waals surface area contributed by atoms with Crippen molar-refractivity contribution in [2.45, 2.75) is 153 Å². The molecule has 10 rings (SSSR count). The molecule has 0 aliphatic carbocycles. The fourth-order valence-corrected chi connectivity index (χ4v) is 13.2. The van der Waals surface area contributed by atoms with Crippen molar-refractivity contribution in [1.82, 2.24) is 4.57 Å². The minimum absolute atomic E-state index is 0.116. The number of hydrogen-bond acceptors (Lipinski definition) is 0. The highest BCUT2D eigenvalue weighted by atomic mass is 15.0. The van der Waals surface area contributed by atoms with Crippen LogP contribution in [0.4, 0.5) is 0 Å². The third-order valence-corrected chi connectivity index (χ3v) is 17.5. The lowest BCUT2D eigenvalue weighted by atomic mass is 9.66. The van der Waals surface area contributed by atoms with E-state index in [4.69, 9.17) is 0 Å². The molecule has 402 valence electrons. The van der Waals surface area contributed by atoms with Crippen LogP contribution in [0.1, 0.15) is 174 Å². The van der Waals surface area contributed by atoms with Crippen molar-refractivity contribution >= 4 is 21.8 Å². The van der Waals surface area contributed by atoms with Gasteiger partial charge in [-0.2, -0.15) is 0 Å². The molecule has 0 fully saturated rings. The van der Waals surface area contributed by atoms with Gasteiger partial charge in [-0.05, 0) is 130 Å². The number of hydrogen-bond donors (Lipinski definition) is 0. The van der Waals surface area contributed by atoms with Gasteiger partial charge in [-0.25, -0.2) is 0 Å². The second-order valence-corrected chi connectivity index (χ2v) is 23.8. The molecule has 0 spiro atoms. The smallest absolute Gasteiger partial charge is 0.0541 e. The van der Waals surface area contributed by atoms with Gasteiger partial charge in [0.1, 0.15) is 0 Å². The van der Waals surface area contributed by atoms with E-state index in [0.29, 0.717) is 0 Å². The van der Waals surface area contributed by atoms with Crippen molar-refractivity contribution < 1.29 is 0 Å². The van der Waals surface area contributed by atoms with Crippen molar-refractivity contribution in [1.29, 1.82) is 0 Å². The van der Waals surface area contributed by atoms with Crippen molar-refractivity contribution in [2.24, 2.45) is 0 Å². The molecule has 79 heavy (non-hydrogen) atoms. The van der Waals surface area contributed by atoms with Crippen LogP contribution in [0.2, 0.25) is 0 Å². The Morgan fingerprint density at radius 1 is 0.266 bits per heavy atom. The molecule has 1 nitrogen and oxygen atoms in total. The monoisotopic (exact) mass is 1040 g/mol. The maximum absolute atomic E-state index is 2.53. The number of fused-ring (bicyclic) bond motifs is 3. The van der Waals surface area contributed by atoms with E-state index < -0.39 is 0 Å². The Hall–Kier alpha value is -7.22. The van der Waals surface area contributed by atoms with E-state index in [2.05, 4.69) is 268 Å². The SMILES string of the molecule is CC(C)(C)c1ccc(-n2c3ccc(CCCCCCCCCC(c4ccccc4)(c4ccccc4)c4ccccc4)cc3c3cc(CCCCCCCCCC(c4ccccc4)(c4ccccc4)c4ccccc4)ccc32)cc1. The lowest BCUT2D eigenvalue weighted by molar-refractivity contribution is 0.495. The standard InChI is InChI=1S/C78H85N/c1-76(2,3)64-52-54-71(55-53-64)79-74-56-50-62(36-20-10-6-4-8-12-34-58-77(65-38-22-14-23-39-65,66-40-24-15-25-41-66)67-42-26-16-27-43-67)60-72(74)73-61-63(51-57-75(73)79)37-21-11-7-5-9-13-35-59-78(68-44-28-17-29-45-68,69-46-30-18-31-47-69)70-48-32-19-33-49-70/h14-19,22-33,38-57,60-61H,4-13,20-21,34-37,58-59H2,1-3H3. The lowest BCUT2D eigenvalue weighted by Crippen LogP contribution is -2.29. The predicted octanol–water partition coefficient (Wildman–Crippen LogP) is 21.5. The summed E-state index contributed by atoms with van der Waals surface area (Å²) in [6.07, 6.45) is 22.2. The second-order valence-electron chi connectivity index (χ2n) is 23.8. The second kappa shape index (κ2) is 26.6. The molecule has 0 amide bonds. The molecule has 9 aromatic carbocycles. The van der Waals surface area contributed by atoms with Crippen LogP contribution in [-0.4, -0.2) is 4.57 Å². The number of aromatic nitrogens is 1. The van der Waals surface area contributed by atoms with Crippen molar-refractivity contribution in [3.05, 3.63) is 293 Å². The quantitative estimate of drug-likeness (QED) is 0.0357. The zero-order valence-electron chi connectivity index (χ0n) is 47.8. The lowest BCUT2D eigenvalue weighted by Gasteiger charge is -2.36. The average molecular weight is 1040 g/mol. The third kappa shape index (κ3) is 13.0. The summed E-state index contributed by atoms with van der Waals surface area (Å²) in [4.78, 5) is 0. The zero-order valence-corrected chi connectivity index (χ0v) is 47.8. The van der Waals surface area contributed by atoms with Crippen LogP contribution in [-0.2, 0) is 29.1 Å². The molecule has 0 atom stereocenters. The first-order valence-electron chi connectivity index (χ1n) is 30.3. The van der Waals surface area contributed by atoms with Crippen molar-refractivity contribution in [2.75, 3.05) is 0 Å². The Balaban J connectivity index is 0.740. The van der Waals surface area contributed by atoms with Gasteiger partial charge < -0.3 is 4.57 Å². The minimum Gasteiger partial charge on any atom is -0.309 e. The molecule has 0 bridgehead atoms. The summed E-state index contributed by atoms with van der Waals surface area (Å²) in [5.41, 5.74) is 16.3. The summed E-state index contributed by atoms with van der Waals surface area (Å²) >= 11 is 0. The molecule has 0 aliphatic rings. The van der Waals surface area contributed by atoms with Gasteiger partial charge in [0.25, 0.3) is 0 Å². The number of aryl methyl sites for hydroxylation is 2. The van der Waals surface area contributed by atoms with Gasteiger partial charge in [-0.15, -0.1) is 0 Å². The molecule has 0 N–H and O–H groups in total. The molecular weight excluding hydrogens is 951 g/mol. The minimum atomic E-state index is -0.150. The summed E-state index contributed by atoms with van der Waals surface area (Å²) in [7, 11) is 0. The van der Waals surface area contributed by atoms with E-state index in [1.54, 1.807) is 0 Å². The predicted molar refractivity (Wildman–Crippen MR) is 339 cm³/mol. The first-order chi connectivity index (χ1) is 38.8. The van der Waals surface area contributed by atoms with Crippen LogP contribution in [0.15, 0.2) is 243 Å². The molecule has 0 radical (unpaired) electrons. The largest absolute Gasteiger partial charge is 0.309 e. The fraction of sp³-hybridized carbons (Fsp3) is 0.308. The number of unbranched alkanes of at least 4 members (excludes halogenated alkanes) is 12. The molecule has 0 unspecified atom stereocenters. The highest BCUT2D eigenvalue weighted by Gasteiger charge is 2.37. The first-order valence-corrected chi connectivity index (χ1v) is 30.3. The van der Waals surface area contributed by atoms with Crippen LogP contribution in [0, 0.1) is 0 Å². The summed E-state index contributed by atoms with van der Waals surface area (Å²) < 4.78 is 2.51. The number of benzene rings is 9. The van der Waals surface area contributed by atoms with Crippen LogP contribution >= 0.6 is 0 Å². The van der Waals surface area contributed by atoms with Crippen molar-refractivity contribution in [3.8, 4) is 5.69 Å². The maximum Gasteiger partial charge on any atom is 0.0541 e. The van der Waals surface area contributed by atoms with E-state index in [9.17, 15) is 0 Å². The van der Waals surface area contributed by atoms with Gasteiger partial charge in [-0.1, -0.05) is 304 Å². The fourth-order valence-electron chi connectivity index (χ4n) is 13.2. The van der Waals surface area contributed by atoms with Crippen LogP contribution in [0.5, 0.6) is 0 Å². The number of rotatable bonds is 27. The van der Waals surface area contributed by atoms with Crippen molar-refractivity contribution in [3.63, 3.8) is 0 Å². The van der Waals surface area contributed by atoms with Gasteiger partial charge in [0, 0.05) is 27.3 Å². The zero-order chi connectivity index (χ0) is 54.2. The van der Waals surface area contributed by atoms with E-state index >= 15 is 0 Å². The van der Waals surface area contributed by atoms with Gasteiger partial charge in [0.05, 0.1) is 11.0 Å². The van der Waals surface area contributed by atoms with Gasteiger partial charge in [0.15, 0.2) is 0 Å². The molecule has 1 heterocycles. The molecular formula is C78H85N. The Kier molecular flexibility index (Phi) is 18.6. The molecule has 0 aliphatic heterocycles. The summed E-state index contributed by atoms with van der Waals surface area (Å²) in [5, 5.41) is 2.78. The third-order valence-electron chi connectivity index (χ3n) is 17.5. The average Bonchev–Trinajstić information content (AvgIpc) is 3.90. The molecule has 10 aromatic rings. The highest BCUT2D eigenvalue weighted by Crippen LogP contribution is 2.45. The molecule has 0 saturated carbocycles. The molecule has 1 heteroatoms. The van der Waals surface area contributed by atoms with E-state index in [1.165, 1.54) is 167 Å². The molecule has 0 saturated heterocycles. The first kappa shape index (κ1) is 55.1. The van der Waals surface area contributed by atoms with Gasteiger partial charge in [0.2, 0.25) is 0 Å². The Bertz CT molecular complexity index is 2990. The summed E-state index contributed by atoms with van der Waals surface area (Å²) in [5.74, 6) is 0. The van der Waals surface area contributed by atoms with E-state index in [0.717, 1.165) is 25.7 Å².